The highest BCUT2D eigenvalue weighted by Crippen LogP contribution is 2.27. The van der Waals surface area contributed by atoms with Crippen LogP contribution in [0.15, 0.2) is 24.4 Å². The molecule has 2 atom stereocenters. The van der Waals surface area contributed by atoms with Crippen LogP contribution in [0, 0.1) is 5.41 Å². The molecule has 0 aliphatic rings. The van der Waals surface area contributed by atoms with Crippen LogP contribution in [0.2, 0.25) is 0 Å². The fourth-order valence-corrected chi connectivity index (χ4v) is 3.23. The van der Waals surface area contributed by atoms with Gasteiger partial charge in [0.25, 0.3) is 0 Å². The fraction of sp³-hybridized carbons (Fsp3) is 0.455. The fourth-order valence-electron chi connectivity index (χ4n) is 3.23. The second-order valence-electron chi connectivity index (χ2n) is 7.82. The van der Waals surface area contributed by atoms with E-state index in [0.717, 1.165) is 22.2 Å². The molecule has 1 aromatic carbocycles. The van der Waals surface area contributed by atoms with Gasteiger partial charge in [0.15, 0.2) is 5.78 Å². The van der Waals surface area contributed by atoms with Crippen LogP contribution >= 0.6 is 0 Å². The number of aromatic nitrogens is 1. The van der Waals surface area contributed by atoms with Crippen molar-refractivity contribution in [1.82, 2.24) is 10.3 Å². The lowest BCUT2D eigenvalue weighted by atomic mass is 10.0. The summed E-state index contributed by atoms with van der Waals surface area (Å²) in [6, 6.07) is 4.69. The van der Waals surface area contributed by atoms with Crippen molar-refractivity contribution >= 4 is 40.5 Å². The maximum Gasteiger partial charge on any atom is 0.328 e. The third kappa shape index (κ3) is 6.39. The highest BCUT2D eigenvalue weighted by atomic mass is 16.5. The molecule has 0 aliphatic carbocycles. The SMILES string of the molecule is CC(C)OC(=O)[C@H](CCC(=O)C=N)NC(=O)[C@@H](O)Cc1c[nH]c2c(N(C)C)cccc12. The normalized spacial score (nSPS) is 13.0. The number of hydrogen-bond donors (Lipinski definition) is 4. The standard InChI is InChI=1S/C22H30N4O5/c1-13(2)31-22(30)17(9-8-15(27)11-23)25-21(29)19(28)10-14-12-24-20-16(14)6-5-7-18(20)26(3)4/h5-7,11-13,17,19,23-24,28H,8-10H2,1-4H3,(H,25,29)/t17-,19-/m0/s1. The zero-order valence-electron chi connectivity index (χ0n) is 18.3. The Morgan fingerprint density at radius 2 is 2.00 bits per heavy atom. The number of benzene rings is 1. The molecule has 1 amide bonds. The van der Waals surface area contributed by atoms with E-state index in [-0.39, 0.29) is 19.3 Å². The molecule has 9 heteroatoms. The lowest BCUT2D eigenvalue weighted by molar-refractivity contribution is -0.152. The number of ether oxygens (including phenoxy) is 1. The molecule has 0 saturated carbocycles. The van der Waals surface area contributed by atoms with E-state index in [1.807, 2.05) is 37.2 Å². The summed E-state index contributed by atoms with van der Waals surface area (Å²) >= 11 is 0. The number of aliphatic hydroxyl groups is 1. The van der Waals surface area contributed by atoms with E-state index in [9.17, 15) is 19.5 Å². The number of carbonyl (C=O) groups is 3. The molecule has 0 radical (unpaired) electrons. The highest BCUT2D eigenvalue weighted by Gasteiger charge is 2.27. The molecule has 0 aliphatic heterocycles. The Morgan fingerprint density at radius 1 is 1.29 bits per heavy atom. The van der Waals surface area contributed by atoms with Gasteiger partial charge in [-0.15, -0.1) is 0 Å². The first-order chi connectivity index (χ1) is 14.6. The molecule has 1 heterocycles. The van der Waals surface area contributed by atoms with Gasteiger partial charge in [0.05, 0.1) is 23.5 Å². The Labute approximate surface area is 181 Å². The quantitative estimate of drug-likeness (QED) is 0.316. The number of Topliss-reactive ketones (excluding diaryl/α,β-unsaturated/α-hetero) is 1. The lowest BCUT2D eigenvalue weighted by Gasteiger charge is -2.20. The van der Waals surface area contributed by atoms with E-state index in [4.69, 9.17) is 10.1 Å². The van der Waals surface area contributed by atoms with Crippen molar-refractivity contribution < 1.29 is 24.2 Å². The number of carbonyl (C=O) groups excluding carboxylic acids is 3. The first-order valence-electron chi connectivity index (χ1n) is 10.1. The number of hydrogen-bond acceptors (Lipinski definition) is 7. The minimum absolute atomic E-state index is 0.0164. The first kappa shape index (κ1) is 24.1. The summed E-state index contributed by atoms with van der Waals surface area (Å²) in [5, 5.41) is 20.8. The maximum atomic E-state index is 12.6. The Hall–Kier alpha value is -3.20. The average molecular weight is 431 g/mol. The monoisotopic (exact) mass is 430 g/mol. The van der Waals surface area contributed by atoms with Gasteiger partial charge in [-0.25, -0.2) is 4.79 Å². The van der Waals surface area contributed by atoms with Gasteiger partial charge < -0.3 is 30.5 Å². The van der Waals surface area contributed by atoms with Crippen molar-refractivity contribution in [2.75, 3.05) is 19.0 Å². The van der Waals surface area contributed by atoms with Gasteiger partial charge in [0.1, 0.15) is 12.1 Å². The van der Waals surface area contributed by atoms with Crippen LogP contribution in [0.4, 0.5) is 5.69 Å². The summed E-state index contributed by atoms with van der Waals surface area (Å²) in [6.07, 6.45) is 0.572. The van der Waals surface area contributed by atoms with Gasteiger partial charge in [-0.3, -0.25) is 9.59 Å². The minimum atomic E-state index is -1.39. The molecule has 0 bridgehead atoms. The Balaban J connectivity index is 2.12. The third-order valence-corrected chi connectivity index (χ3v) is 4.77. The second-order valence-corrected chi connectivity index (χ2v) is 7.82. The van der Waals surface area contributed by atoms with Crippen LogP contribution in [-0.4, -0.2) is 66.3 Å². The molecule has 1 aromatic heterocycles. The molecule has 9 nitrogen and oxygen atoms in total. The number of rotatable bonds is 11. The number of anilines is 1. The van der Waals surface area contributed by atoms with Crippen molar-refractivity contribution in [2.24, 2.45) is 0 Å². The zero-order valence-corrected chi connectivity index (χ0v) is 18.3. The summed E-state index contributed by atoms with van der Waals surface area (Å²) < 4.78 is 5.14. The summed E-state index contributed by atoms with van der Waals surface area (Å²) in [7, 11) is 3.86. The predicted octanol–water partition coefficient (Wildman–Crippen LogP) is 1.57. The Kier molecular flexibility index (Phi) is 8.32. The van der Waals surface area contributed by atoms with Gasteiger partial charge in [0, 0.05) is 38.5 Å². The topological polar surface area (TPSA) is 136 Å². The van der Waals surface area contributed by atoms with Crippen LogP contribution < -0.4 is 10.2 Å². The number of para-hydroxylation sites is 1. The minimum Gasteiger partial charge on any atom is -0.461 e. The molecule has 0 saturated heterocycles. The van der Waals surface area contributed by atoms with Gasteiger partial charge in [-0.05, 0) is 31.9 Å². The predicted molar refractivity (Wildman–Crippen MR) is 119 cm³/mol. The van der Waals surface area contributed by atoms with E-state index in [0.29, 0.717) is 6.21 Å². The van der Waals surface area contributed by atoms with Crippen molar-refractivity contribution in [3.8, 4) is 0 Å². The van der Waals surface area contributed by atoms with Crippen molar-refractivity contribution in [2.45, 2.75) is 51.4 Å². The smallest absolute Gasteiger partial charge is 0.328 e. The lowest BCUT2D eigenvalue weighted by Crippen LogP contribution is -2.47. The van der Waals surface area contributed by atoms with Gasteiger partial charge in [-0.2, -0.15) is 0 Å². The molecule has 31 heavy (non-hydrogen) atoms. The number of aliphatic hydroxyl groups excluding tert-OH is 1. The van der Waals surface area contributed by atoms with E-state index in [1.165, 1.54) is 0 Å². The first-order valence-corrected chi connectivity index (χ1v) is 10.1. The third-order valence-electron chi connectivity index (χ3n) is 4.77. The van der Waals surface area contributed by atoms with Crippen LogP contribution in [0.25, 0.3) is 10.9 Å². The Bertz CT molecular complexity index is 951. The number of aromatic amines is 1. The van der Waals surface area contributed by atoms with Gasteiger partial charge in [0.2, 0.25) is 5.91 Å². The van der Waals surface area contributed by atoms with Crippen molar-refractivity contribution in [3.05, 3.63) is 30.0 Å². The molecule has 0 unspecified atom stereocenters. The molecule has 4 N–H and O–H groups in total. The van der Waals surface area contributed by atoms with Crippen LogP contribution in [0.1, 0.15) is 32.3 Å². The van der Waals surface area contributed by atoms with Crippen LogP contribution in [0.3, 0.4) is 0 Å². The number of esters is 1. The molecule has 2 aromatic rings. The average Bonchev–Trinajstić information content (AvgIpc) is 3.12. The molecular formula is C22H30N4O5. The highest BCUT2D eigenvalue weighted by molar-refractivity contribution is 6.26. The maximum absolute atomic E-state index is 12.6. The van der Waals surface area contributed by atoms with Crippen molar-refractivity contribution in [1.29, 1.82) is 5.41 Å². The summed E-state index contributed by atoms with van der Waals surface area (Å²) in [5.41, 5.74) is 2.65. The summed E-state index contributed by atoms with van der Waals surface area (Å²) in [5.74, 6) is -1.88. The Morgan fingerprint density at radius 3 is 2.61 bits per heavy atom. The number of nitrogens with zero attached hydrogens (tertiary/aromatic N) is 1. The molecular weight excluding hydrogens is 400 g/mol. The number of nitrogens with one attached hydrogen (secondary N) is 3. The van der Waals surface area contributed by atoms with E-state index in [2.05, 4.69) is 10.3 Å². The summed E-state index contributed by atoms with van der Waals surface area (Å²) in [6.45, 7) is 3.35. The number of H-pyrrole nitrogens is 1. The van der Waals surface area contributed by atoms with E-state index < -0.39 is 35.9 Å². The van der Waals surface area contributed by atoms with E-state index in [1.54, 1.807) is 20.0 Å². The van der Waals surface area contributed by atoms with Crippen molar-refractivity contribution in [3.63, 3.8) is 0 Å². The van der Waals surface area contributed by atoms with Gasteiger partial charge >= 0.3 is 5.97 Å². The van der Waals surface area contributed by atoms with Crippen LogP contribution in [0.5, 0.6) is 0 Å². The molecule has 2 rings (SSSR count). The molecule has 0 spiro atoms. The van der Waals surface area contributed by atoms with E-state index >= 15 is 0 Å². The molecule has 168 valence electrons. The largest absolute Gasteiger partial charge is 0.461 e. The molecule has 0 fully saturated rings. The zero-order chi connectivity index (χ0) is 23.1. The summed E-state index contributed by atoms with van der Waals surface area (Å²) in [4.78, 5) is 41.5. The van der Waals surface area contributed by atoms with Gasteiger partial charge in [-0.1, -0.05) is 12.1 Å². The number of ketones is 1. The number of fused-ring (bicyclic) bond motifs is 1. The van der Waals surface area contributed by atoms with Crippen LogP contribution in [-0.2, 0) is 25.5 Å². The second kappa shape index (κ2) is 10.7. The number of amides is 1.